The van der Waals surface area contributed by atoms with Gasteiger partial charge in [0.15, 0.2) is 0 Å². The van der Waals surface area contributed by atoms with Crippen LogP contribution in [0.2, 0.25) is 0 Å². The van der Waals surface area contributed by atoms with E-state index in [4.69, 9.17) is 15.9 Å². The second kappa shape index (κ2) is 8.81. The van der Waals surface area contributed by atoms with Gasteiger partial charge < -0.3 is 25.8 Å². The molecule has 3 rings (SSSR count). The minimum absolute atomic E-state index is 0.0269. The Bertz CT molecular complexity index is 934. The average molecular weight is 428 g/mol. The maximum absolute atomic E-state index is 13.0. The normalized spacial score (nSPS) is 21.7. The minimum atomic E-state index is -0.886. The Morgan fingerprint density at radius 3 is 2.84 bits per heavy atom. The first-order valence-corrected chi connectivity index (χ1v) is 10.1. The number of aliphatic hydroxyl groups is 1. The largest absolute Gasteiger partial charge is 0.460 e. The lowest BCUT2D eigenvalue weighted by atomic mass is 10.1. The third kappa shape index (κ3) is 5.43. The summed E-state index contributed by atoms with van der Waals surface area (Å²) in [6.45, 7) is 5.68. The predicted octanol–water partition coefficient (Wildman–Crippen LogP) is 1.21. The van der Waals surface area contributed by atoms with Gasteiger partial charge in [0.25, 0.3) is 11.8 Å². The second-order valence-corrected chi connectivity index (χ2v) is 8.47. The SMILES string of the molecule is CC1C[C@H](N2CC(Oc3cccc(N)c3)=CC2=O)C(=O)N1C(=N)/C=C\NCC(C)(C)O. The van der Waals surface area contributed by atoms with Crippen LogP contribution in [0.3, 0.4) is 0 Å². The van der Waals surface area contributed by atoms with E-state index >= 15 is 0 Å². The molecule has 0 saturated carbocycles. The van der Waals surface area contributed by atoms with Crippen molar-refractivity contribution in [1.29, 1.82) is 5.41 Å². The van der Waals surface area contributed by atoms with E-state index < -0.39 is 11.6 Å². The van der Waals surface area contributed by atoms with Crippen molar-refractivity contribution in [1.82, 2.24) is 15.1 Å². The number of amides is 2. The highest BCUT2D eigenvalue weighted by Gasteiger charge is 2.45. The number of nitrogens with one attached hydrogen (secondary N) is 2. The molecular weight excluding hydrogens is 398 g/mol. The zero-order valence-electron chi connectivity index (χ0n) is 18.0. The summed E-state index contributed by atoms with van der Waals surface area (Å²) in [4.78, 5) is 28.4. The Labute approximate surface area is 181 Å². The van der Waals surface area contributed by atoms with Crippen LogP contribution < -0.4 is 15.8 Å². The maximum atomic E-state index is 13.0. The third-order valence-electron chi connectivity index (χ3n) is 5.06. The highest BCUT2D eigenvalue weighted by atomic mass is 16.5. The molecule has 0 bridgehead atoms. The Balaban J connectivity index is 1.61. The van der Waals surface area contributed by atoms with E-state index in [0.717, 1.165) is 0 Å². The number of anilines is 1. The molecule has 2 aliphatic heterocycles. The highest BCUT2D eigenvalue weighted by Crippen LogP contribution is 2.28. The number of nitrogen functional groups attached to an aromatic ring is 1. The molecule has 1 aromatic carbocycles. The average Bonchev–Trinajstić information content (AvgIpc) is 3.16. The van der Waals surface area contributed by atoms with Crippen molar-refractivity contribution < 1.29 is 19.4 Å². The summed E-state index contributed by atoms with van der Waals surface area (Å²) in [7, 11) is 0. The van der Waals surface area contributed by atoms with E-state index in [1.807, 2.05) is 6.92 Å². The molecule has 5 N–H and O–H groups in total. The molecule has 1 saturated heterocycles. The summed E-state index contributed by atoms with van der Waals surface area (Å²) < 4.78 is 5.76. The van der Waals surface area contributed by atoms with E-state index in [1.54, 1.807) is 38.1 Å². The number of ether oxygens (including phenoxy) is 1. The van der Waals surface area contributed by atoms with Crippen LogP contribution in [0.1, 0.15) is 27.2 Å². The van der Waals surface area contributed by atoms with E-state index in [9.17, 15) is 14.7 Å². The monoisotopic (exact) mass is 427 g/mol. The maximum Gasteiger partial charge on any atom is 0.251 e. The summed E-state index contributed by atoms with van der Waals surface area (Å²) >= 11 is 0. The minimum Gasteiger partial charge on any atom is -0.460 e. The number of carbonyl (C=O) groups is 2. The first-order chi connectivity index (χ1) is 14.5. The molecule has 0 radical (unpaired) electrons. The van der Waals surface area contributed by atoms with Gasteiger partial charge in [0.1, 0.15) is 23.4 Å². The number of hydrogen-bond donors (Lipinski definition) is 4. The lowest BCUT2D eigenvalue weighted by Gasteiger charge is -2.23. The molecule has 1 fully saturated rings. The Morgan fingerprint density at radius 2 is 2.16 bits per heavy atom. The fourth-order valence-electron chi connectivity index (χ4n) is 3.62. The van der Waals surface area contributed by atoms with Crippen molar-refractivity contribution in [3.8, 4) is 5.75 Å². The standard InChI is InChI=1S/C22H29N5O4/c1-14-9-18(21(29)27(14)19(24)7-8-25-13-22(2,3)30)26-12-17(11-20(26)28)31-16-6-4-5-15(23)10-16/h4-8,10-11,14,18,24-25,30H,9,12-13,23H2,1-3H3/b8-7-,24-19?/t14?,18-/m0/s1. The number of likely N-dealkylation sites (tertiary alicyclic amines) is 1. The summed E-state index contributed by atoms with van der Waals surface area (Å²) in [6.07, 6.45) is 4.82. The number of benzene rings is 1. The van der Waals surface area contributed by atoms with Crippen LogP contribution in [0.25, 0.3) is 0 Å². The van der Waals surface area contributed by atoms with Gasteiger partial charge in [-0.1, -0.05) is 6.07 Å². The van der Waals surface area contributed by atoms with Crippen LogP contribution in [0, 0.1) is 5.41 Å². The van der Waals surface area contributed by atoms with Gasteiger partial charge in [0.2, 0.25) is 0 Å². The summed E-state index contributed by atoms with van der Waals surface area (Å²) in [5, 5.41) is 20.9. The van der Waals surface area contributed by atoms with Crippen LogP contribution in [0.5, 0.6) is 5.75 Å². The molecule has 31 heavy (non-hydrogen) atoms. The number of nitrogens with zero attached hydrogens (tertiary/aromatic N) is 2. The van der Waals surface area contributed by atoms with Crippen molar-refractivity contribution in [2.24, 2.45) is 0 Å². The zero-order chi connectivity index (χ0) is 22.8. The number of amidine groups is 1. The number of carbonyl (C=O) groups excluding carboxylic acids is 2. The topological polar surface area (TPSA) is 132 Å². The van der Waals surface area contributed by atoms with E-state index in [1.165, 1.54) is 28.2 Å². The summed E-state index contributed by atoms with van der Waals surface area (Å²) in [6, 6.07) is 6.03. The van der Waals surface area contributed by atoms with Gasteiger partial charge >= 0.3 is 0 Å². The van der Waals surface area contributed by atoms with Gasteiger partial charge in [-0.3, -0.25) is 19.9 Å². The lowest BCUT2D eigenvalue weighted by molar-refractivity contribution is -0.136. The summed E-state index contributed by atoms with van der Waals surface area (Å²) in [5.74, 6) is 0.412. The molecule has 1 aromatic rings. The van der Waals surface area contributed by atoms with E-state index in [-0.39, 0.29) is 30.2 Å². The van der Waals surface area contributed by atoms with Gasteiger partial charge in [-0.05, 0) is 45.4 Å². The Hall–Kier alpha value is -3.33. The van der Waals surface area contributed by atoms with Crippen molar-refractivity contribution in [3.63, 3.8) is 0 Å². The van der Waals surface area contributed by atoms with Crippen molar-refractivity contribution in [2.45, 2.75) is 44.9 Å². The number of rotatable bonds is 7. The molecule has 2 amide bonds. The Morgan fingerprint density at radius 1 is 1.42 bits per heavy atom. The van der Waals surface area contributed by atoms with Gasteiger partial charge in [0.05, 0.1) is 12.1 Å². The molecule has 2 aliphatic rings. The summed E-state index contributed by atoms with van der Waals surface area (Å²) in [5.41, 5.74) is 5.43. The second-order valence-electron chi connectivity index (χ2n) is 8.47. The van der Waals surface area contributed by atoms with E-state index in [2.05, 4.69) is 5.32 Å². The van der Waals surface area contributed by atoms with Crippen molar-refractivity contribution >= 4 is 23.3 Å². The fourth-order valence-corrected chi connectivity index (χ4v) is 3.62. The molecule has 0 aliphatic carbocycles. The predicted molar refractivity (Wildman–Crippen MR) is 117 cm³/mol. The van der Waals surface area contributed by atoms with Gasteiger partial charge in [-0.25, -0.2) is 0 Å². The fraction of sp³-hybridized carbons (Fsp3) is 0.409. The molecule has 9 heteroatoms. The Kier molecular flexibility index (Phi) is 6.35. The van der Waals surface area contributed by atoms with Crippen molar-refractivity contribution in [3.05, 3.63) is 48.4 Å². The molecule has 1 unspecified atom stereocenters. The van der Waals surface area contributed by atoms with E-state index in [0.29, 0.717) is 30.2 Å². The molecule has 2 heterocycles. The molecule has 166 valence electrons. The van der Waals surface area contributed by atoms with Crippen LogP contribution in [-0.2, 0) is 9.59 Å². The van der Waals surface area contributed by atoms with Crippen LogP contribution in [0.15, 0.2) is 48.4 Å². The molecular formula is C22H29N5O4. The van der Waals surface area contributed by atoms with Crippen LogP contribution in [-0.4, -0.2) is 63.3 Å². The number of hydrogen-bond acceptors (Lipinski definition) is 7. The van der Waals surface area contributed by atoms with Crippen molar-refractivity contribution in [2.75, 3.05) is 18.8 Å². The third-order valence-corrected chi connectivity index (χ3v) is 5.06. The lowest BCUT2D eigenvalue weighted by Crippen LogP contribution is -2.44. The molecule has 0 spiro atoms. The zero-order valence-corrected chi connectivity index (χ0v) is 18.0. The smallest absolute Gasteiger partial charge is 0.251 e. The van der Waals surface area contributed by atoms with Gasteiger partial charge in [-0.15, -0.1) is 0 Å². The first kappa shape index (κ1) is 22.4. The van der Waals surface area contributed by atoms with Crippen LogP contribution in [0.4, 0.5) is 5.69 Å². The molecule has 0 aromatic heterocycles. The number of nitrogens with two attached hydrogens (primary N) is 1. The van der Waals surface area contributed by atoms with Crippen LogP contribution >= 0.6 is 0 Å². The van der Waals surface area contributed by atoms with Gasteiger partial charge in [-0.2, -0.15) is 0 Å². The quantitative estimate of drug-likeness (QED) is 0.294. The van der Waals surface area contributed by atoms with Gasteiger partial charge in [0, 0.05) is 36.6 Å². The molecule has 2 atom stereocenters. The first-order valence-electron chi connectivity index (χ1n) is 10.1. The molecule has 9 nitrogen and oxygen atoms in total. The highest BCUT2D eigenvalue weighted by molar-refractivity contribution is 6.07.